The highest BCUT2D eigenvalue weighted by Crippen LogP contribution is 2.40. The van der Waals surface area contributed by atoms with Crippen LogP contribution in [0.1, 0.15) is 36.9 Å². The van der Waals surface area contributed by atoms with Crippen LogP contribution < -0.4 is 0 Å². The summed E-state index contributed by atoms with van der Waals surface area (Å²) in [6, 6.07) is 2.43. The highest BCUT2D eigenvalue weighted by molar-refractivity contribution is 5.33. The molecule has 1 atom stereocenters. The Morgan fingerprint density at radius 1 is 1.33 bits per heavy atom. The summed E-state index contributed by atoms with van der Waals surface area (Å²) >= 11 is 0. The molecule has 0 radical (unpaired) electrons. The van der Waals surface area contributed by atoms with E-state index >= 15 is 0 Å². The van der Waals surface area contributed by atoms with Gasteiger partial charge in [0.15, 0.2) is 0 Å². The third-order valence-corrected chi connectivity index (χ3v) is 3.45. The van der Waals surface area contributed by atoms with E-state index in [1.165, 1.54) is 0 Å². The van der Waals surface area contributed by atoms with E-state index in [0.717, 1.165) is 31.2 Å². The lowest BCUT2D eigenvalue weighted by atomic mass is 9.97. The van der Waals surface area contributed by atoms with E-state index in [0.29, 0.717) is 13.0 Å². The molecule has 1 heterocycles. The number of benzene rings is 1. The summed E-state index contributed by atoms with van der Waals surface area (Å²) < 4.78 is 52.0. The van der Waals surface area contributed by atoms with E-state index in [1.807, 2.05) is 11.8 Å². The van der Waals surface area contributed by atoms with Crippen molar-refractivity contribution in [2.24, 2.45) is 0 Å². The van der Waals surface area contributed by atoms with Crippen molar-refractivity contribution >= 4 is 0 Å². The van der Waals surface area contributed by atoms with Gasteiger partial charge in [-0.15, -0.1) is 0 Å². The highest BCUT2D eigenvalue weighted by atomic mass is 19.4. The van der Waals surface area contributed by atoms with Crippen molar-refractivity contribution in [1.29, 1.82) is 0 Å². The first-order valence-corrected chi connectivity index (χ1v) is 6.04. The molecule has 0 spiro atoms. The Morgan fingerprint density at radius 3 is 2.67 bits per heavy atom. The molecule has 0 bridgehead atoms. The van der Waals surface area contributed by atoms with E-state index in [4.69, 9.17) is 0 Å². The van der Waals surface area contributed by atoms with E-state index in [2.05, 4.69) is 0 Å². The molecular weight excluding hydrogens is 246 g/mol. The van der Waals surface area contributed by atoms with E-state index in [-0.39, 0.29) is 11.6 Å². The van der Waals surface area contributed by atoms with Crippen molar-refractivity contribution in [3.8, 4) is 0 Å². The molecule has 1 aromatic carbocycles. The lowest BCUT2D eigenvalue weighted by molar-refractivity contribution is -0.138. The van der Waals surface area contributed by atoms with Gasteiger partial charge in [-0.05, 0) is 49.7 Å². The Morgan fingerprint density at radius 2 is 2.06 bits per heavy atom. The quantitative estimate of drug-likeness (QED) is 0.727. The average Bonchev–Trinajstić information content (AvgIpc) is 2.75. The molecular formula is C13H15F4N. The number of hydrogen-bond donors (Lipinski definition) is 0. The molecule has 1 saturated heterocycles. The fraction of sp³-hybridized carbons (Fsp3) is 0.538. The molecule has 1 aliphatic rings. The van der Waals surface area contributed by atoms with Crippen LogP contribution in [0.5, 0.6) is 0 Å². The topological polar surface area (TPSA) is 3.24 Å². The van der Waals surface area contributed by atoms with Gasteiger partial charge in [-0.1, -0.05) is 6.92 Å². The molecule has 1 nitrogen and oxygen atoms in total. The highest BCUT2D eigenvalue weighted by Gasteiger charge is 2.37. The largest absolute Gasteiger partial charge is 0.416 e. The minimum absolute atomic E-state index is 0.0712. The van der Waals surface area contributed by atoms with Gasteiger partial charge in [-0.2, -0.15) is 13.2 Å². The molecule has 5 heteroatoms. The Hall–Kier alpha value is -1.10. The van der Waals surface area contributed by atoms with Gasteiger partial charge >= 0.3 is 6.18 Å². The maximum absolute atomic E-state index is 13.2. The van der Waals surface area contributed by atoms with Crippen LogP contribution >= 0.6 is 0 Å². The minimum Gasteiger partial charge on any atom is -0.297 e. The SMILES string of the molecule is CCN1CCCC1c1cc(F)ccc1C(F)(F)F. The average molecular weight is 261 g/mol. The van der Waals surface area contributed by atoms with Gasteiger partial charge in [0.25, 0.3) is 0 Å². The van der Waals surface area contributed by atoms with Crippen molar-refractivity contribution in [2.75, 3.05) is 13.1 Å². The summed E-state index contributed by atoms with van der Waals surface area (Å²) in [5.74, 6) is -0.610. The van der Waals surface area contributed by atoms with Gasteiger partial charge in [0.05, 0.1) is 5.56 Å². The zero-order valence-electron chi connectivity index (χ0n) is 10.1. The Balaban J connectivity index is 2.45. The lowest BCUT2D eigenvalue weighted by Crippen LogP contribution is -2.25. The first-order chi connectivity index (χ1) is 8.43. The van der Waals surface area contributed by atoms with Gasteiger partial charge in [-0.3, -0.25) is 4.90 Å². The first kappa shape index (κ1) is 13.3. The number of rotatable bonds is 2. The molecule has 100 valence electrons. The van der Waals surface area contributed by atoms with Crippen LogP contribution in [0, 0.1) is 5.82 Å². The summed E-state index contributed by atoms with van der Waals surface area (Å²) in [6.45, 7) is 3.36. The molecule has 0 aliphatic carbocycles. The molecule has 0 saturated carbocycles. The Kier molecular flexibility index (Phi) is 3.61. The third-order valence-electron chi connectivity index (χ3n) is 3.45. The number of hydrogen-bond acceptors (Lipinski definition) is 1. The molecule has 2 rings (SSSR count). The predicted molar refractivity (Wildman–Crippen MR) is 60.6 cm³/mol. The monoisotopic (exact) mass is 261 g/mol. The third kappa shape index (κ3) is 2.51. The fourth-order valence-corrected chi connectivity index (χ4v) is 2.62. The number of halogens is 4. The van der Waals surface area contributed by atoms with Crippen LogP contribution in [-0.4, -0.2) is 18.0 Å². The van der Waals surface area contributed by atoms with E-state index < -0.39 is 17.6 Å². The summed E-state index contributed by atoms with van der Waals surface area (Å²) in [5, 5.41) is 0. The minimum atomic E-state index is -4.43. The van der Waals surface area contributed by atoms with Crippen molar-refractivity contribution in [3.05, 3.63) is 35.1 Å². The normalized spacial score (nSPS) is 21.5. The van der Waals surface area contributed by atoms with E-state index in [1.54, 1.807) is 0 Å². The smallest absolute Gasteiger partial charge is 0.297 e. The van der Waals surface area contributed by atoms with E-state index in [9.17, 15) is 17.6 Å². The van der Waals surface area contributed by atoms with Gasteiger partial charge in [-0.25, -0.2) is 4.39 Å². The summed E-state index contributed by atoms with van der Waals surface area (Å²) in [4.78, 5) is 1.96. The lowest BCUT2D eigenvalue weighted by Gasteiger charge is -2.26. The summed E-state index contributed by atoms with van der Waals surface area (Å²) in [6.07, 6.45) is -2.92. The molecule has 1 aromatic rings. The molecule has 0 amide bonds. The van der Waals surface area contributed by atoms with Gasteiger partial charge < -0.3 is 0 Å². The molecule has 1 unspecified atom stereocenters. The second-order valence-electron chi connectivity index (χ2n) is 4.52. The van der Waals surface area contributed by atoms with Gasteiger partial charge in [0.2, 0.25) is 0 Å². The second-order valence-corrected chi connectivity index (χ2v) is 4.52. The Bertz CT molecular complexity index is 427. The van der Waals surface area contributed by atoms with Crippen LogP contribution in [0.25, 0.3) is 0 Å². The maximum atomic E-state index is 13.2. The molecule has 1 aliphatic heterocycles. The molecule has 0 aromatic heterocycles. The number of nitrogens with zero attached hydrogens (tertiary/aromatic N) is 1. The van der Waals surface area contributed by atoms with Crippen molar-refractivity contribution in [2.45, 2.75) is 32.0 Å². The van der Waals surface area contributed by atoms with Gasteiger partial charge in [0.1, 0.15) is 5.82 Å². The van der Waals surface area contributed by atoms with Crippen LogP contribution in [0.3, 0.4) is 0 Å². The number of likely N-dealkylation sites (tertiary alicyclic amines) is 1. The summed E-state index contributed by atoms with van der Waals surface area (Å²) in [5.41, 5.74) is -0.642. The first-order valence-electron chi connectivity index (χ1n) is 6.04. The molecule has 18 heavy (non-hydrogen) atoms. The van der Waals surface area contributed by atoms with Crippen LogP contribution in [0.4, 0.5) is 17.6 Å². The maximum Gasteiger partial charge on any atom is 0.416 e. The zero-order valence-corrected chi connectivity index (χ0v) is 10.1. The van der Waals surface area contributed by atoms with Crippen molar-refractivity contribution < 1.29 is 17.6 Å². The van der Waals surface area contributed by atoms with Crippen molar-refractivity contribution in [3.63, 3.8) is 0 Å². The van der Waals surface area contributed by atoms with Crippen molar-refractivity contribution in [1.82, 2.24) is 4.90 Å². The zero-order chi connectivity index (χ0) is 13.3. The fourth-order valence-electron chi connectivity index (χ4n) is 2.62. The standard InChI is InChI=1S/C13H15F4N/c1-2-18-7-3-4-12(18)10-8-9(14)5-6-11(10)13(15,16)17/h5-6,8,12H,2-4,7H2,1H3. The van der Waals surface area contributed by atoms with Crippen LogP contribution in [0.15, 0.2) is 18.2 Å². The summed E-state index contributed by atoms with van der Waals surface area (Å²) in [7, 11) is 0. The Labute approximate surface area is 103 Å². The van der Waals surface area contributed by atoms with Crippen LogP contribution in [0.2, 0.25) is 0 Å². The second kappa shape index (κ2) is 4.88. The number of alkyl halides is 3. The predicted octanol–water partition coefficient (Wildman–Crippen LogP) is 4.00. The molecule has 0 N–H and O–H groups in total. The van der Waals surface area contributed by atoms with Gasteiger partial charge in [0, 0.05) is 6.04 Å². The molecule has 1 fully saturated rings. The van der Waals surface area contributed by atoms with Crippen LogP contribution in [-0.2, 0) is 6.18 Å².